The summed E-state index contributed by atoms with van der Waals surface area (Å²) in [6, 6.07) is 25.7. The van der Waals surface area contributed by atoms with Crippen LogP contribution in [0.4, 0.5) is 13.2 Å². The molecule has 0 aliphatic heterocycles. The number of aromatic nitrogens is 3. The zero-order valence-electron chi connectivity index (χ0n) is 17.5. The fourth-order valence-corrected chi connectivity index (χ4v) is 3.80. The lowest BCUT2D eigenvalue weighted by atomic mass is 10.0. The Morgan fingerprint density at radius 1 is 0.788 bits per heavy atom. The van der Waals surface area contributed by atoms with Crippen molar-refractivity contribution in [3.8, 4) is 34.0 Å². The fraction of sp³-hybridized carbons (Fsp3) is 0.0769. The minimum absolute atomic E-state index is 0.0452. The number of nitrogens with zero attached hydrogens (tertiary/aromatic N) is 3. The minimum Gasteiger partial charge on any atom is -0.497 e. The Morgan fingerprint density at radius 2 is 1.42 bits per heavy atom. The third-order valence-corrected chi connectivity index (χ3v) is 5.38. The van der Waals surface area contributed by atoms with E-state index in [0.29, 0.717) is 22.6 Å². The van der Waals surface area contributed by atoms with Gasteiger partial charge in [-0.3, -0.25) is 0 Å². The van der Waals surface area contributed by atoms with Crippen LogP contribution in [0.1, 0.15) is 5.56 Å². The molecule has 5 aromatic rings. The number of alkyl halides is 3. The first kappa shape index (κ1) is 20.8. The summed E-state index contributed by atoms with van der Waals surface area (Å²) in [6.45, 7) is 0. The molecule has 0 fully saturated rings. The summed E-state index contributed by atoms with van der Waals surface area (Å²) in [4.78, 5) is 4.65. The van der Waals surface area contributed by atoms with Crippen LogP contribution < -0.4 is 4.74 Å². The molecule has 0 N–H and O–H groups in total. The topological polar surface area (TPSA) is 39.9 Å². The van der Waals surface area contributed by atoms with Gasteiger partial charge in [-0.2, -0.15) is 18.3 Å². The highest BCUT2D eigenvalue weighted by Gasteiger charge is 2.36. The average Bonchev–Trinajstić information content (AvgIpc) is 3.23. The van der Waals surface area contributed by atoms with Gasteiger partial charge in [0.25, 0.3) is 0 Å². The molecule has 3 aromatic carbocycles. The second-order valence-electron chi connectivity index (χ2n) is 7.44. The number of pyridine rings is 1. The van der Waals surface area contributed by atoms with Gasteiger partial charge in [-0.1, -0.05) is 48.5 Å². The summed E-state index contributed by atoms with van der Waals surface area (Å²) in [5.41, 5.74) is 1.55. The fourth-order valence-electron chi connectivity index (χ4n) is 3.80. The van der Waals surface area contributed by atoms with Gasteiger partial charge in [0.05, 0.1) is 29.4 Å². The smallest absolute Gasteiger partial charge is 0.417 e. The van der Waals surface area contributed by atoms with Crippen LogP contribution >= 0.6 is 0 Å². The van der Waals surface area contributed by atoms with Crippen molar-refractivity contribution in [1.29, 1.82) is 0 Å². The Morgan fingerprint density at radius 3 is 2.03 bits per heavy atom. The maximum atomic E-state index is 14.4. The molecule has 0 unspecified atom stereocenters. The number of ether oxygens (including phenoxy) is 1. The van der Waals surface area contributed by atoms with Gasteiger partial charge in [-0.25, -0.2) is 9.67 Å². The normalized spacial score (nSPS) is 11.6. The Hall–Kier alpha value is -4.13. The lowest BCUT2D eigenvalue weighted by Crippen LogP contribution is -2.08. The lowest BCUT2D eigenvalue weighted by molar-refractivity contribution is -0.136. The number of hydrogen-bond acceptors (Lipinski definition) is 3. The molecule has 164 valence electrons. The molecule has 0 bridgehead atoms. The summed E-state index contributed by atoms with van der Waals surface area (Å²) in [6.07, 6.45) is -4.60. The van der Waals surface area contributed by atoms with Crippen molar-refractivity contribution >= 4 is 11.0 Å². The highest BCUT2D eigenvalue weighted by molar-refractivity contribution is 5.96. The molecule has 0 aliphatic carbocycles. The van der Waals surface area contributed by atoms with Crippen molar-refractivity contribution in [2.75, 3.05) is 7.11 Å². The predicted octanol–water partition coefficient (Wildman–Crippen LogP) is 6.78. The van der Waals surface area contributed by atoms with Crippen LogP contribution in [-0.2, 0) is 6.18 Å². The van der Waals surface area contributed by atoms with Crippen LogP contribution in [-0.4, -0.2) is 21.9 Å². The summed E-state index contributed by atoms with van der Waals surface area (Å²) in [5, 5.41) is 4.56. The van der Waals surface area contributed by atoms with Crippen LogP contribution in [0, 0.1) is 0 Å². The van der Waals surface area contributed by atoms with Gasteiger partial charge < -0.3 is 4.74 Å². The molecule has 0 aliphatic rings. The molecule has 2 heterocycles. The molecule has 0 saturated heterocycles. The molecule has 0 spiro atoms. The maximum absolute atomic E-state index is 14.4. The number of methoxy groups -OCH3 is 1. The van der Waals surface area contributed by atoms with Crippen molar-refractivity contribution in [2.45, 2.75) is 6.18 Å². The molecule has 7 heteroatoms. The second kappa shape index (κ2) is 8.09. The van der Waals surface area contributed by atoms with Crippen LogP contribution in [0.2, 0.25) is 0 Å². The zero-order chi connectivity index (χ0) is 23.0. The van der Waals surface area contributed by atoms with Crippen LogP contribution in [0.3, 0.4) is 0 Å². The molecule has 2 aromatic heterocycles. The molecule has 4 nitrogen and oxygen atoms in total. The molecular formula is C26H18F3N3O. The summed E-state index contributed by atoms with van der Waals surface area (Å²) >= 11 is 0. The van der Waals surface area contributed by atoms with Crippen molar-refractivity contribution in [3.05, 3.63) is 96.6 Å². The molecule has 5 rings (SSSR count). The van der Waals surface area contributed by atoms with E-state index in [4.69, 9.17) is 4.74 Å². The Labute approximate surface area is 187 Å². The first-order valence-corrected chi connectivity index (χ1v) is 10.2. The summed E-state index contributed by atoms with van der Waals surface area (Å²) in [5.74, 6) is 0.603. The number of halogens is 3. The quantitative estimate of drug-likeness (QED) is 0.306. The molecule has 0 radical (unpaired) electrons. The van der Waals surface area contributed by atoms with Gasteiger partial charge in [0.15, 0.2) is 5.65 Å². The average molecular weight is 445 g/mol. The van der Waals surface area contributed by atoms with Crippen LogP contribution in [0.5, 0.6) is 5.75 Å². The third-order valence-electron chi connectivity index (χ3n) is 5.38. The molecular weight excluding hydrogens is 427 g/mol. The van der Waals surface area contributed by atoms with Crippen LogP contribution in [0.25, 0.3) is 39.2 Å². The highest BCUT2D eigenvalue weighted by Crippen LogP contribution is 2.41. The van der Waals surface area contributed by atoms with E-state index in [-0.39, 0.29) is 22.4 Å². The first-order chi connectivity index (χ1) is 16.0. The van der Waals surface area contributed by atoms with E-state index in [1.54, 1.807) is 60.7 Å². The second-order valence-corrected chi connectivity index (χ2v) is 7.44. The van der Waals surface area contributed by atoms with E-state index in [9.17, 15) is 13.2 Å². The van der Waals surface area contributed by atoms with Crippen molar-refractivity contribution in [1.82, 2.24) is 14.8 Å². The molecule has 0 amide bonds. The van der Waals surface area contributed by atoms with E-state index in [1.807, 2.05) is 24.3 Å². The molecule has 0 saturated carbocycles. The predicted molar refractivity (Wildman–Crippen MR) is 121 cm³/mol. The van der Waals surface area contributed by atoms with Gasteiger partial charge >= 0.3 is 6.18 Å². The van der Waals surface area contributed by atoms with E-state index < -0.39 is 11.7 Å². The van der Waals surface area contributed by atoms with Crippen molar-refractivity contribution in [2.24, 2.45) is 0 Å². The first-order valence-electron chi connectivity index (χ1n) is 10.2. The minimum atomic E-state index is -4.60. The molecule has 33 heavy (non-hydrogen) atoms. The lowest BCUT2D eigenvalue weighted by Gasteiger charge is -2.12. The number of benzene rings is 3. The number of rotatable bonds is 4. The highest BCUT2D eigenvalue weighted by atomic mass is 19.4. The van der Waals surface area contributed by atoms with E-state index >= 15 is 0 Å². The summed E-state index contributed by atoms with van der Waals surface area (Å²) < 4.78 is 49.7. The monoisotopic (exact) mass is 445 g/mol. The van der Waals surface area contributed by atoms with Gasteiger partial charge in [0.1, 0.15) is 11.4 Å². The van der Waals surface area contributed by atoms with E-state index in [2.05, 4.69) is 10.1 Å². The number of hydrogen-bond donors (Lipinski definition) is 0. The Bertz CT molecular complexity index is 1410. The van der Waals surface area contributed by atoms with Crippen molar-refractivity contribution < 1.29 is 17.9 Å². The third kappa shape index (κ3) is 3.82. The standard InChI is InChI=1S/C26H18F3N3O/c1-33-20-14-12-18(13-15-20)24-23-21(26(27,28)29)16-22(17-8-4-2-5-9-17)30-25(23)32(31-24)19-10-6-3-7-11-19/h2-16H,1H3. The molecule has 0 atom stereocenters. The Balaban J connectivity index is 1.87. The SMILES string of the molecule is COc1ccc(-c2nn(-c3ccccc3)c3nc(-c4ccccc4)cc(C(F)(F)F)c23)cc1. The van der Waals surface area contributed by atoms with Gasteiger partial charge in [0.2, 0.25) is 0 Å². The maximum Gasteiger partial charge on any atom is 0.417 e. The largest absolute Gasteiger partial charge is 0.497 e. The van der Waals surface area contributed by atoms with Gasteiger partial charge in [-0.15, -0.1) is 0 Å². The zero-order valence-corrected chi connectivity index (χ0v) is 17.5. The van der Waals surface area contributed by atoms with E-state index in [1.165, 1.54) is 11.8 Å². The van der Waals surface area contributed by atoms with Crippen molar-refractivity contribution in [3.63, 3.8) is 0 Å². The number of para-hydroxylation sites is 1. The Kier molecular flexibility index (Phi) is 5.09. The number of fused-ring (bicyclic) bond motifs is 1. The summed E-state index contributed by atoms with van der Waals surface area (Å²) in [7, 11) is 1.53. The van der Waals surface area contributed by atoms with Gasteiger partial charge in [-0.05, 0) is 42.5 Å². The van der Waals surface area contributed by atoms with Crippen LogP contribution in [0.15, 0.2) is 91.0 Å². The van der Waals surface area contributed by atoms with E-state index in [0.717, 1.165) is 6.07 Å². The van der Waals surface area contributed by atoms with Gasteiger partial charge in [0, 0.05) is 11.1 Å².